The third kappa shape index (κ3) is 4.22. The lowest BCUT2D eigenvalue weighted by molar-refractivity contribution is -0.123. The Bertz CT molecular complexity index is 716. The molecular formula is C19H26N4O3. The number of carbonyl (C=O) groups excluding carboxylic acids is 3. The number of carbonyl (C=O) groups is 3. The molecule has 1 atom stereocenters. The van der Waals surface area contributed by atoms with Crippen LogP contribution in [0.5, 0.6) is 0 Å². The van der Waals surface area contributed by atoms with Crippen molar-refractivity contribution in [2.45, 2.75) is 51.2 Å². The lowest BCUT2D eigenvalue weighted by atomic mass is 9.94. The minimum Gasteiger partial charge on any atom is -0.352 e. The molecule has 0 aromatic heterocycles. The van der Waals surface area contributed by atoms with Crippen molar-refractivity contribution in [3.63, 3.8) is 0 Å². The predicted molar refractivity (Wildman–Crippen MR) is 97.3 cm³/mol. The number of fused-ring (bicyclic) bond motifs is 1. The third-order valence-electron chi connectivity index (χ3n) is 5.22. The molecule has 4 amide bonds. The second-order valence-electron chi connectivity index (χ2n) is 7.58. The molecule has 2 heterocycles. The summed E-state index contributed by atoms with van der Waals surface area (Å²) in [6.07, 6.45) is 1.46. The topological polar surface area (TPSA) is 90.5 Å². The Morgan fingerprint density at radius 2 is 1.96 bits per heavy atom. The van der Waals surface area contributed by atoms with E-state index in [4.69, 9.17) is 0 Å². The minimum absolute atomic E-state index is 0.156. The van der Waals surface area contributed by atoms with Crippen LogP contribution in [0.3, 0.4) is 0 Å². The van der Waals surface area contributed by atoms with Crippen LogP contribution in [0.4, 0.5) is 4.79 Å². The molecule has 2 aliphatic rings. The quantitative estimate of drug-likeness (QED) is 0.747. The van der Waals surface area contributed by atoms with Crippen molar-refractivity contribution >= 4 is 17.8 Å². The molecule has 1 fully saturated rings. The lowest BCUT2D eigenvalue weighted by Gasteiger charge is -2.41. The van der Waals surface area contributed by atoms with Crippen molar-refractivity contribution in [3.8, 4) is 0 Å². The second kappa shape index (κ2) is 7.45. The van der Waals surface area contributed by atoms with Crippen molar-refractivity contribution < 1.29 is 14.4 Å². The van der Waals surface area contributed by atoms with Crippen molar-refractivity contribution in [2.75, 3.05) is 13.1 Å². The van der Waals surface area contributed by atoms with Gasteiger partial charge in [0.05, 0.1) is 0 Å². The molecule has 1 aromatic rings. The van der Waals surface area contributed by atoms with E-state index < -0.39 is 12.1 Å². The van der Waals surface area contributed by atoms with Crippen LogP contribution in [-0.4, -0.2) is 47.4 Å². The fourth-order valence-electron chi connectivity index (χ4n) is 3.48. The van der Waals surface area contributed by atoms with Gasteiger partial charge in [0.1, 0.15) is 6.04 Å². The maximum Gasteiger partial charge on any atom is 0.322 e. The zero-order valence-electron chi connectivity index (χ0n) is 15.3. The predicted octanol–water partition coefficient (Wildman–Crippen LogP) is 0.928. The Morgan fingerprint density at radius 1 is 1.23 bits per heavy atom. The van der Waals surface area contributed by atoms with Gasteiger partial charge in [-0.15, -0.1) is 0 Å². The number of amides is 4. The van der Waals surface area contributed by atoms with Crippen molar-refractivity contribution in [3.05, 3.63) is 35.4 Å². The average molecular weight is 358 g/mol. The summed E-state index contributed by atoms with van der Waals surface area (Å²) < 4.78 is 0. The summed E-state index contributed by atoms with van der Waals surface area (Å²) in [7, 11) is 0. The molecule has 0 bridgehead atoms. The minimum atomic E-state index is -0.681. The van der Waals surface area contributed by atoms with Gasteiger partial charge in [0.2, 0.25) is 11.8 Å². The molecule has 0 spiro atoms. The van der Waals surface area contributed by atoms with Crippen molar-refractivity contribution in [1.82, 2.24) is 20.9 Å². The third-order valence-corrected chi connectivity index (χ3v) is 5.22. The Morgan fingerprint density at radius 3 is 2.73 bits per heavy atom. The van der Waals surface area contributed by atoms with Gasteiger partial charge in [-0.25, -0.2) is 4.79 Å². The summed E-state index contributed by atoms with van der Waals surface area (Å²) in [5.74, 6) is -0.606. The maximum absolute atomic E-state index is 12.4. The Labute approximate surface area is 153 Å². The zero-order valence-corrected chi connectivity index (χ0v) is 15.3. The first-order valence-electron chi connectivity index (χ1n) is 9.05. The van der Waals surface area contributed by atoms with E-state index in [-0.39, 0.29) is 23.8 Å². The van der Waals surface area contributed by atoms with E-state index >= 15 is 0 Å². The van der Waals surface area contributed by atoms with Gasteiger partial charge >= 0.3 is 6.03 Å². The molecule has 3 rings (SSSR count). The van der Waals surface area contributed by atoms with E-state index in [0.29, 0.717) is 13.0 Å². The monoisotopic (exact) mass is 358 g/mol. The van der Waals surface area contributed by atoms with E-state index in [2.05, 4.69) is 59.0 Å². The molecule has 140 valence electrons. The van der Waals surface area contributed by atoms with Gasteiger partial charge in [0.15, 0.2) is 0 Å². The van der Waals surface area contributed by atoms with Gasteiger partial charge in [-0.3, -0.25) is 19.8 Å². The van der Waals surface area contributed by atoms with Crippen LogP contribution in [0, 0.1) is 0 Å². The largest absolute Gasteiger partial charge is 0.352 e. The number of rotatable bonds is 4. The standard InChI is InChI=1S/C19H26N4O3/c1-19(2,23-10-9-13-5-3-4-6-14(13)11-23)12-20-17(25)15-7-8-16(24)22-18(26)21-15/h3-6,15H,7-12H2,1-2H3,(H,20,25)(H2,21,22,24,26)/t15-/m0/s1. The summed E-state index contributed by atoms with van der Waals surface area (Å²) in [4.78, 5) is 37.7. The van der Waals surface area contributed by atoms with Crippen LogP contribution in [0.2, 0.25) is 0 Å². The number of hydrogen-bond acceptors (Lipinski definition) is 4. The van der Waals surface area contributed by atoms with Crippen LogP contribution < -0.4 is 16.0 Å². The molecule has 1 aromatic carbocycles. The summed E-state index contributed by atoms with van der Waals surface area (Å²) in [6, 6.07) is 7.16. The molecule has 0 aliphatic carbocycles. The van der Waals surface area contributed by atoms with Gasteiger partial charge in [-0.05, 0) is 37.8 Å². The number of nitrogens with one attached hydrogen (secondary N) is 3. The molecule has 0 saturated carbocycles. The van der Waals surface area contributed by atoms with Gasteiger partial charge < -0.3 is 10.6 Å². The molecule has 3 N–H and O–H groups in total. The van der Waals surface area contributed by atoms with Crippen LogP contribution in [0.25, 0.3) is 0 Å². The highest BCUT2D eigenvalue weighted by atomic mass is 16.2. The molecule has 26 heavy (non-hydrogen) atoms. The Balaban J connectivity index is 1.57. The zero-order chi connectivity index (χ0) is 18.7. The first-order chi connectivity index (χ1) is 12.3. The molecular weight excluding hydrogens is 332 g/mol. The van der Waals surface area contributed by atoms with E-state index in [0.717, 1.165) is 19.5 Å². The Kier molecular flexibility index (Phi) is 5.27. The number of urea groups is 1. The van der Waals surface area contributed by atoms with Crippen LogP contribution >= 0.6 is 0 Å². The van der Waals surface area contributed by atoms with Gasteiger partial charge in [0.25, 0.3) is 0 Å². The normalized spacial score (nSPS) is 21.2. The van der Waals surface area contributed by atoms with Gasteiger partial charge in [-0.2, -0.15) is 0 Å². The Hall–Kier alpha value is -2.41. The van der Waals surface area contributed by atoms with E-state index in [1.807, 2.05) is 0 Å². The highest BCUT2D eigenvalue weighted by molar-refractivity contribution is 5.98. The summed E-state index contributed by atoms with van der Waals surface area (Å²) in [6.45, 7) is 6.49. The summed E-state index contributed by atoms with van der Waals surface area (Å²) in [5.41, 5.74) is 2.51. The molecule has 7 heteroatoms. The lowest BCUT2D eigenvalue weighted by Crippen LogP contribution is -2.56. The van der Waals surface area contributed by atoms with E-state index in [9.17, 15) is 14.4 Å². The smallest absolute Gasteiger partial charge is 0.322 e. The van der Waals surface area contributed by atoms with E-state index in [1.54, 1.807) is 0 Å². The van der Waals surface area contributed by atoms with Crippen molar-refractivity contribution in [2.24, 2.45) is 0 Å². The molecule has 0 unspecified atom stereocenters. The van der Waals surface area contributed by atoms with Crippen LogP contribution in [0.1, 0.15) is 37.8 Å². The number of hydrogen-bond donors (Lipinski definition) is 3. The number of benzene rings is 1. The van der Waals surface area contributed by atoms with Gasteiger partial charge in [-0.1, -0.05) is 24.3 Å². The number of imide groups is 1. The van der Waals surface area contributed by atoms with E-state index in [1.165, 1.54) is 11.1 Å². The summed E-state index contributed by atoms with van der Waals surface area (Å²) >= 11 is 0. The molecule has 0 radical (unpaired) electrons. The average Bonchev–Trinajstić information content (AvgIpc) is 2.79. The molecule has 7 nitrogen and oxygen atoms in total. The summed E-state index contributed by atoms with van der Waals surface area (Å²) in [5, 5.41) is 7.67. The van der Waals surface area contributed by atoms with Crippen molar-refractivity contribution in [1.29, 1.82) is 0 Å². The fraction of sp³-hybridized carbons (Fsp3) is 0.526. The van der Waals surface area contributed by atoms with Crippen LogP contribution in [0.15, 0.2) is 24.3 Å². The maximum atomic E-state index is 12.4. The first kappa shape index (κ1) is 18.4. The fourth-order valence-corrected chi connectivity index (χ4v) is 3.48. The van der Waals surface area contributed by atoms with Crippen LogP contribution in [-0.2, 0) is 22.6 Å². The highest BCUT2D eigenvalue weighted by Gasteiger charge is 2.32. The SMILES string of the molecule is CC(C)(CNC(=O)[C@@H]1CCC(=O)NC(=O)N1)N1CCc2ccccc2C1. The second-order valence-corrected chi connectivity index (χ2v) is 7.58. The highest BCUT2D eigenvalue weighted by Crippen LogP contribution is 2.25. The van der Waals surface area contributed by atoms with Gasteiger partial charge in [0, 0.05) is 31.6 Å². The number of nitrogens with zero attached hydrogens (tertiary/aromatic N) is 1. The first-order valence-corrected chi connectivity index (χ1v) is 9.05. The molecule has 1 saturated heterocycles. The molecule has 2 aliphatic heterocycles.